The third-order valence-corrected chi connectivity index (χ3v) is 3.81. The topological polar surface area (TPSA) is 13.1 Å². The lowest BCUT2D eigenvalue weighted by atomic mass is 10.3. The molecule has 1 nitrogen and oxygen atoms in total. The highest BCUT2D eigenvalue weighted by atomic mass is 32.2. The lowest BCUT2D eigenvalue weighted by molar-refractivity contribution is 0.527. The summed E-state index contributed by atoms with van der Waals surface area (Å²) < 4.78 is 5.34. The molecule has 0 N–H and O–H groups in total. The van der Waals surface area contributed by atoms with Gasteiger partial charge >= 0.3 is 0 Å². The Morgan fingerprint density at radius 1 is 1.62 bits per heavy atom. The van der Waals surface area contributed by atoms with Crippen molar-refractivity contribution in [1.29, 1.82) is 0 Å². The highest BCUT2D eigenvalue weighted by Gasteiger charge is 2.03. The molecule has 74 valence electrons. The number of hydrogen-bond acceptors (Lipinski definition) is 3. The van der Waals surface area contributed by atoms with Crippen molar-refractivity contribution >= 4 is 24.4 Å². The van der Waals surface area contributed by atoms with Gasteiger partial charge in [-0.1, -0.05) is 6.92 Å². The lowest BCUT2D eigenvalue weighted by Crippen LogP contribution is -1.99. The van der Waals surface area contributed by atoms with Crippen LogP contribution >= 0.6 is 24.4 Å². The van der Waals surface area contributed by atoms with Crippen molar-refractivity contribution in [2.24, 2.45) is 5.92 Å². The molecule has 0 spiro atoms. The zero-order chi connectivity index (χ0) is 9.68. The van der Waals surface area contributed by atoms with Crippen LogP contribution in [0.15, 0.2) is 16.7 Å². The number of furan rings is 1. The van der Waals surface area contributed by atoms with Crippen LogP contribution in [-0.2, 0) is 5.75 Å². The fraction of sp³-hybridized carbons (Fsp3) is 0.600. The van der Waals surface area contributed by atoms with E-state index < -0.39 is 0 Å². The molecule has 1 atom stereocenters. The second kappa shape index (κ2) is 5.66. The van der Waals surface area contributed by atoms with Gasteiger partial charge in [0.2, 0.25) is 0 Å². The van der Waals surface area contributed by atoms with Crippen LogP contribution in [0.3, 0.4) is 0 Å². The summed E-state index contributed by atoms with van der Waals surface area (Å²) in [4.78, 5) is 0. The van der Waals surface area contributed by atoms with E-state index in [1.807, 2.05) is 17.8 Å². The number of thioether (sulfide) groups is 1. The minimum atomic E-state index is 0.684. The summed E-state index contributed by atoms with van der Waals surface area (Å²) in [6.07, 6.45) is 1.76. The highest BCUT2D eigenvalue weighted by molar-refractivity contribution is 7.98. The van der Waals surface area contributed by atoms with E-state index in [1.54, 1.807) is 6.26 Å². The molecule has 0 aliphatic rings. The van der Waals surface area contributed by atoms with Gasteiger partial charge in [0.25, 0.3) is 0 Å². The molecule has 3 heteroatoms. The Bertz CT molecular complexity index is 245. The number of hydrogen-bond donors (Lipinski definition) is 1. The standard InChI is InChI=1S/C10H16OS2/c1-8(5-12)6-13-7-10-9(2)3-4-11-10/h3-4,8,12H,5-7H2,1-2H3. The van der Waals surface area contributed by atoms with Gasteiger partial charge in [0.1, 0.15) is 5.76 Å². The Hall–Kier alpha value is -0.0200. The molecular formula is C10H16OS2. The van der Waals surface area contributed by atoms with Crippen molar-refractivity contribution in [2.45, 2.75) is 19.6 Å². The molecule has 0 aromatic carbocycles. The first kappa shape index (κ1) is 11.1. The minimum absolute atomic E-state index is 0.684. The molecule has 0 saturated heterocycles. The predicted molar refractivity (Wildman–Crippen MR) is 62.6 cm³/mol. The Balaban J connectivity index is 2.24. The summed E-state index contributed by atoms with van der Waals surface area (Å²) in [5, 5.41) is 0. The van der Waals surface area contributed by atoms with Crippen LogP contribution in [0.1, 0.15) is 18.2 Å². The first-order chi connectivity index (χ1) is 6.24. The highest BCUT2D eigenvalue weighted by Crippen LogP contribution is 2.19. The normalized spacial score (nSPS) is 13.2. The third kappa shape index (κ3) is 3.69. The molecule has 1 rings (SSSR count). The van der Waals surface area contributed by atoms with Gasteiger partial charge in [0.05, 0.1) is 12.0 Å². The fourth-order valence-electron chi connectivity index (χ4n) is 0.957. The molecular weight excluding hydrogens is 200 g/mol. The number of thiol groups is 1. The van der Waals surface area contributed by atoms with E-state index >= 15 is 0 Å². The minimum Gasteiger partial charge on any atom is -0.468 e. The summed E-state index contributed by atoms with van der Waals surface area (Å²) in [6.45, 7) is 4.30. The van der Waals surface area contributed by atoms with Crippen LogP contribution in [0, 0.1) is 12.8 Å². The smallest absolute Gasteiger partial charge is 0.116 e. The van der Waals surface area contributed by atoms with E-state index in [0.29, 0.717) is 5.92 Å². The van der Waals surface area contributed by atoms with E-state index in [4.69, 9.17) is 4.42 Å². The van der Waals surface area contributed by atoms with Crippen molar-refractivity contribution in [3.8, 4) is 0 Å². The molecule has 0 aliphatic carbocycles. The maximum Gasteiger partial charge on any atom is 0.116 e. The second-order valence-corrected chi connectivity index (χ2v) is 4.73. The van der Waals surface area contributed by atoms with Crippen LogP contribution < -0.4 is 0 Å². The van der Waals surface area contributed by atoms with E-state index in [1.165, 1.54) is 5.56 Å². The zero-order valence-electron chi connectivity index (χ0n) is 8.12. The Morgan fingerprint density at radius 3 is 2.92 bits per heavy atom. The molecule has 13 heavy (non-hydrogen) atoms. The largest absolute Gasteiger partial charge is 0.468 e. The lowest BCUT2D eigenvalue weighted by Gasteiger charge is -2.05. The molecule has 0 bridgehead atoms. The van der Waals surface area contributed by atoms with Crippen LogP contribution in [0.5, 0.6) is 0 Å². The Labute approximate surface area is 89.7 Å². The Morgan fingerprint density at radius 2 is 2.38 bits per heavy atom. The summed E-state index contributed by atoms with van der Waals surface area (Å²) >= 11 is 6.16. The van der Waals surface area contributed by atoms with E-state index in [9.17, 15) is 0 Å². The van der Waals surface area contributed by atoms with Crippen LogP contribution in [0.2, 0.25) is 0 Å². The molecule has 1 unspecified atom stereocenters. The second-order valence-electron chi connectivity index (χ2n) is 3.33. The van der Waals surface area contributed by atoms with Gasteiger partial charge < -0.3 is 4.42 Å². The summed E-state index contributed by atoms with van der Waals surface area (Å²) in [7, 11) is 0. The number of rotatable bonds is 5. The van der Waals surface area contributed by atoms with E-state index in [2.05, 4.69) is 26.5 Å². The third-order valence-electron chi connectivity index (χ3n) is 1.92. The van der Waals surface area contributed by atoms with Gasteiger partial charge in [0.15, 0.2) is 0 Å². The van der Waals surface area contributed by atoms with Gasteiger partial charge in [-0.25, -0.2) is 0 Å². The maximum absolute atomic E-state index is 5.34. The van der Waals surface area contributed by atoms with Gasteiger partial charge in [0, 0.05) is 0 Å². The summed E-state index contributed by atoms with van der Waals surface area (Å²) in [5.41, 5.74) is 1.26. The van der Waals surface area contributed by atoms with Crippen LogP contribution in [0.4, 0.5) is 0 Å². The van der Waals surface area contributed by atoms with Crippen molar-refractivity contribution in [2.75, 3.05) is 11.5 Å². The molecule has 1 aromatic heterocycles. The molecule has 1 aromatic rings. The molecule has 0 radical (unpaired) electrons. The summed E-state index contributed by atoms with van der Waals surface area (Å²) in [6, 6.07) is 2.01. The average Bonchev–Trinajstić information content (AvgIpc) is 2.52. The molecule has 0 saturated carbocycles. The average molecular weight is 216 g/mol. The van der Waals surface area contributed by atoms with Gasteiger partial charge in [-0.3, -0.25) is 0 Å². The van der Waals surface area contributed by atoms with Crippen molar-refractivity contribution in [3.05, 3.63) is 23.7 Å². The molecule has 0 aliphatic heterocycles. The first-order valence-electron chi connectivity index (χ1n) is 4.45. The van der Waals surface area contributed by atoms with Crippen LogP contribution in [0.25, 0.3) is 0 Å². The predicted octanol–water partition coefficient (Wildman–Crippen LogP) is 3.39. The van der Waals surface area contributed by atoms with E-state index in [0.717, 1.165) is 23.0 Å². The van der Waals surface area contributed by atoms with E-state index in [-0.39, 0.29) is 0 Å². The SMILES string of the molecule is Cc1ccoc1CSCC(C)CS. The Kier molecular flexibility index (Phi) is 4.81. The summed E-state index contributed by atoms with van der Waals surface area (Å²) in [5.74, 6) is 4.89. The zero-order valence-corrected chi connectivity index (χ0v) is 9.83. The van der Waals surface area contributed by atoms with Crippen molar-refractivity contribution in [1.82, 2.24) is 0 Å². The number of aryl methyl sites for hydroxylation is 1. The fourth-order valence-corrected chi connectivity index (χ4v) is 2.38. The van der Waals surface area contributed by atoms with Crippen molar-refractivity contribution < 1.29 is 4.42 Å². The van der Waals surface area contributed by atoms with Crippen molar-refractivity contribution in [3.63, 3.8) is 0 Å². The molecule has 0 amide bonds. The van der Waals surface area contributed by atoms with Gasteiger partial charge in [-0.05, 0) is 36.0 Å². The van der Waals surface area contributed by atoms with Gasteiger partial charge in [-0.15, -0.1) is 0 Å². The van der Waals surface area contributed by atoms with Crippen LogP contribution in [-0.4, -0.2) is 11.5 Å². The first-order valence-corrected chi connectivity index (χ1v) is 6.24. The molecule has 0 fully saturated rings. The monoisotopic (exact) mass is 216 g/mol. The maximum atomic E-state index is 5.34. The quantitative estimate of drug-likeness (QED) is 0.758. The molecule has 1 heterocycles. The van der Waals surface area contributed by atoms with Gasteiger partial charge in [-0.2, -0.15) is 24.4 Å².